The molecular weight excluding hydrogens is 267 g/mol. The summed E-state index contributed by atoms with van der Waals surface area (Å²) in [6.07, 6.45) is 0.192. The smallest absolute Gasteiger partial charge is 0.145 e. The van der Waals surface area contributed by atoms with Crippen molar-refractivity contribution < 1.29 is 9.13 Å². The van der Waals surface area contributed by atoms with Gasteiger partial charge in [-0.05, 0) is 35.9 Å². The van der Waals surface area contributed by atoms with Crippen LogP contribution < -0.4 is 10.5 Å². The van der Waals surface area contributed by atoms with Crippen LogP contribution in [0.3, 0.4) is 0 Å². The van der Waals surface area contributed by atoms with Gasteiger partial charge in [-0.3, -0.25) is 0 Å². The van der Waals surface area contributed by atoms with Crippen molar-refractivity contribution in [2.75, 3.05) is 5.73 Å². The van der Waals surface area contributed by atoms with Gasteiger partial charge in [0.15, 0.2) is 0 Å². The first-order valence-electron chi connectivity index (χ1n) is 5.48. The molecular formula is C14H10ClFN2O. The predicted molar refractivity (Wildman–Crippen MR) is 71.7 cm³/mol. The molecule has 0 radical (unpaired) electrons. The maximum Gasteiger partial charge on any atom is 0.145 e. The Morgan fingerprint density at radius 2 is 1.89 bits per heavy atom. The molecule has 0 unspecified atom stereocenters. The normalized spacial score (nSPS) is 9.95. The van der Waals surface area contributed by atoms with Gasteiger partial charge in [-0.25, -0.2) is 4.39 Å². The van der Waals surface area contributed by atoms with Crippen molar-refractivity contribution in [1.82, 2.24) is 0 Å². The van der Waals surface area contributed by atoms with Crippen LogP contribution in [0.15, 0.2) is 36.4 Å². The lowest BCUT2D eigenvalue weighted by molar-refractivity contribution is 0.476. The predicted octanol–water partition coefficient (Wildman–Crippen LogP) is 3.92. The van der Waals surface area contributed by atoms with E-state index >= 15 is 0 Å². The van der Waals surface area contributed by atoms with Crippen LogP contribution in [0.5, 0.6) is 11.5 Å². The summed E-state index contributed by atoms with van der Waals surface area (Å²) in [4.78, 5) is 0. The fourth-order valence-electron chi connectivity index (χ4n) is 1.56. The summed E-state index contributed by atoms with van der Waals surface area (Å²) in [6.45, 7) is 0. The summed E-state index contributed by atoms with van der Waals surface area (Å²) in [7, 11) is 0. The molecule has 3 nitrogen and oxygen atoms in total. The molecule has 96 valence electrons. The number of nitriles is 1. The van der Waals surface area contributed by atoms with Gasteiger partial charge in [0.1, 0.15) is 17.3 Å². The number of halogens is 2. The summed E-state index contributed by atoms with van der Waals surface area (Å²) in [5.74, 6) is 0.266. The van der Waals surface area contributed by atoms with Gasteiger partial charge in [0.05, 0.1) is 17.5 Å². The minimum atomic E-state index is -0.549. The Hall–Kier alpha value is -2.25. The standard InChI is InChI=1S/C14H10ClFN2O/c15-12-3-1-11(8-13(12)16)19-10-2-4-14(18)9(7-10)5-6-17/h1-4,7-8H,5,18H2. The SMILES string of the molecule is N#CCc1cc(Oc2ccc(Cl)c(F)c2)ccc1N. The van der Waals surface area contributed by atoms with Gasteiger partial charge in [-0.2, -0.15) is 5.26 Å². The molecule has 0 aromatic heterocycles. The number of anilines is 1. The molecule has 2 rings (SSSR count). The van der Waals surface area contributed by atoms with Gasteiger partial charge in [-0.15, -0.1) is 0 Å². The first kappa shape index (κ1) is 13.2. The van der Waals surface area contributed by atoms with Gasteiger partial charge in [-0.1, -0.05) is 11.6 Å². The number of nitrogens with two attached hydrogens (primary N) is 1. The molecule has 0 heterocycles. The zero-order valence-corrected chi connectivity index (χ0v) is 10.6. The lowest BCUT2D eigenvalue weighted by atomic mass is 10.1. The van der Waals surface area contributed by atoms with Gasteiger partial charge >= 0.3 is 0 Å². The molecule has 0 aliphatic rings. The minimum absolute atomic E-state index is 0.0369. The van der Waals surface area contributed by atoms with Gasteiger partial charge in [0, 0.05) is 11.8 Å². The second-order valence-corrected chi connectivity index (χ2v) is 4.28. The van der Waals surface area contributed by atoms with Crippen LogP contribution in [0, 0.1) is 17.1 Å². The van der Waals surface area contributed by atoms with E-state index < -0.39 is 5.82 Å². The highest BCUT2D eigenvalue weighted by Crippen LogP contribution is 2.27. The molecule has 0 spiro atoms. The van der Waals surface area contributed by atoms with E-state index in [-0.39, 0.29) is 11.4 Å². The van der Waals surface area contributed by atoms with E-state index in [0.29, 0.717) is 22.7 Å². The monoisotopic (exact) mass is 276 g/mol. The van der Waals surface area contributed by atoms with Crippen molar-refractivity contribution in [3.05, 3.63) is 52.8 Å². The van der Waals surface area contributed by atoms with Crippen molar-refractivity contribution in [3.8, 4) is 17.6 Å². The fraction of sp³-hybridized carbons (Fsp3) is 0.0714. The molecule has 5 heteroatoms. The first-order valence-corrected chi connectivity index (χ1v) is 5.86. The van der Waals surface area contributed by atoms with Crippen molar-refractivity contribution in [2.24, 2.45) is 0 Å². The Balaban J connectivity index is 2.25. The summed E-state index contributed by atoms with van der Waals surface area (Å²) in [6, 6.07) is 11.2. The first-order chi connectivity index (χ1) is 9.10. The van der Waals surface area contributed by atoms with Crippen LogP contribution >= 0.6 is 11.6 Å². The third kappa shape index (κ3) is 3.15. The van der Waals surface area contributed by atoms with Gasteiger partial charge < -0.3 is 10.5 Å². The van der Waals surface area contributed by atoms with Crippen LogP contribution in [0.4, 0.5) is 10.1 Å². The summed E-state index contributed by atoms with van der Waals surface area (Å²) >= 11 is 5.59. The molecule has 2 aromatic carbocycles. The number of nitrogens with zero attached hydrogens (tertiary/aromatic N) is 1. The van der Waals surface area contributed by atoms with Crippen LogP contribution in [0.1, 0.15) is 5.56 Å². The maximum absolute atomic E-state index is 13.3. The molecule has 19 heavy (non-hydrogen) atoms. The van der Waals surface area contributed by atoms with Crippen molar-refractivity contribution in [2.45, 2.75) is 6.42 Å². The van der Waals surface area contributed by atoms with Gasteiger partial charge in [0.25, 0.3) is 0 Å². The third-order valence-electron chi connectivity index (χ3n) is 2.51. The lowest BCUT2D eigenvalue weighted by Crippen LogP contribution is -1.94. The number of rotatable bonds is 3. The van der Waals surface area contributed by atoms with Crippen molar-refractivity contribution in [1.29, 1.82) is 5.26 Å². The molecule has 0 aliphatic heterocycles. The summed E-state index contributed by atoms with van der Waals surface area (Å²) in [5, 5.41) is 8.72. The quantitative estimate of drug-likeness (QED) is 0.865. The van der Waals surface area contributed by atoms with Crippen LogP contribution in [0.2, 0.25) is 5.02 Å². The Morgan fingerprint density at radius 3 is 2.58 bits per heavy atom. The maximum atomic E-state index is 13.3. The molecule has 0 saturated heterocycles. The highest BCUT2D eigenvalue weighted by Gasteiger charge is 2.05. The Bertz CT molecular complexity index is 652. The number of benzene rings is 2. The third-order valence-corrected chi connectivity index (χ3v) is 2.82. The molecule has 0 bridgehead atoms. The zero-order chi connectivity index (χ0) is 13.8. The molecule has 0 atom stereocenters. The van der Waals surface area contributed by atoms with E-state index in [4.69, 9.17) is 27.3 Å². The van der Waals surface area contributed by atoms with E-state index in [1.807, 2.05) is 6.07 Å². The van der Waals surface area contributed by atoms with Crippen LogP contribution in [-0.4, -0.2) is 0 Å². The zero-order valence-electron chi connectivity index (χ0n) is 9.86. The van der Waals surface area contributed by atoms with E-state index in [2.05, 4.69) is 0 Å². The largest absolute Gasteiger partial charge is 0.457 e. The topological polar surface area (TPSA) is 59.0 Å². The molecule has 2 aromatic rings. The molecule has 2 N–H and O–H groups in total. The van der Waals surface area contributed by atoms with E-state index in [1.54, 1.807) is 24.3 Å². The van der Waals surface area contributed by atoms with Crippen LogP contribution in [0.25, 0.3) is 0 Å². The van der Waals surface area contributed by atoms with Crippen molar-refractivity contribution >= 4 is 17.3 Å². The van der Waals surface area contributed by atoms with Crippen LogP contribution in [-0.2, 0) is 6.42 Å². The molecule has 0 fully saturated rings. The van der Waals surface area contributed by atoms with E-state index in [1.165, 1.54) is 12.1 Å². The van der Waals surface area contributed by atoms with E-state index in [0.717, 1.165) is 0 Å². The Labute approximate surface area is 115 Å². The molecule has 0 aliphatic carbocycles. The highest BCUT2D eigenvalue weighted by molar-refractivity contribution is 6.30. The average molecular weight is 277 g/mol. The average Bonchev–Trinajstić information content (AvgIpc) is 2.38. The number of ether oxygens (including phenoxy) is 1. The Kier molecular flexibility index (Phi) is 3.88. The second kappa shape index (κ2) is 5.59. The lowest BCUT2D eigenvalue weighted by Gasteiger charge is -2.09. The van der Waals surface area contributed by atoms with Gasteiger partial charge in [0.2, 0.25) is 0 Å². The number of hydrogen-bond acceptors (Lipinski definition) is 3. The Morgan fingerprint density at radius 1 is 1.21 bits per heavy atom. The van der Waals surface area contributed by atoms with E-state index in [9.17, 15) is 4.39 Å². The van der Waals surface area contributed by atoms with Crippen molar-refractivity contribution in [3.63, 3.8) is 0 Å². The number of hydrogen-bond donors (Lipinski definition) is 1. The minimum Gasteiger partial charge on any atom is -0.457 e. The highest BCUT2D eigenvalue weighted by atomic mass is 35.5. The molecule has 0 saturated carbocycles. The summed E-state index contributed by atoms with van der Waals surface area (Å²) in [5.41, 5.74) is 6.93. The fourth-order valence-corrected chi connectivity index (χ4v) is 1.68. The number of nitrogen functional groups attached to an aromatic ring is 1. The second-order valence-electron chi connectivity index (χ2n) is 3.87. The molecule has 0 amide bonds. The summed E-state index contributed by atoms with van der Waals surface area (Å²) < 4.78 is 18.8.